The molecule has 344 valence electrons. The van der Waals surface area contributed by atoms with Gasteiger partial charge in [-0.05, 0) is 61.9 Å². The van der Waals surface area contributed by atoms with Gasteiger partial charge in [-0.2, -0.15) is 0 Å². The Morgan fingerprint density at radius 2 is 1.25 bits per heavy atom. The molecular weight excluding hydrogens is 817 g/mol. The van der Waals surface area contributed by atoms with E-state index in [9.17, 15) is 28.8 Å². The Morgan fingerprint density at radius 3 is 1.94 bits per heavy atom. The van der Waals surface area contributed by atoms with Crippen LogP contribution < -0.4 is 20.1 Å². The normalized spacial score (nSPS) is 12.7. The van der Waals surface area contributed by atoms with E-state index in [0.717, 1.165) is 27.9 Å². The number of pyridine rings is 1. The van der Waals surface area contributed by atoms with Crippen LogP contribution in [0.3, 0.4) is 0 Å². The van der Waals surface area contributed by atoms with E-state index >= 15 is 0 Å². The number of carbonyl (C=O) groups excluding carboxylic acids is 6. The summed E-state index contributed by atoms with van der Waals surface area (Å²) in [6.45, 7) is 10.8. The molecule has 0 bridgehead atoms. The highest BCUT2D eigenvalue weighted by Gasteiger charge is 2.30. The predicted octanol–water partition coefficient (Wildman–Crippen LogP) is 5.09. The number of amides is 3. The first-order valence-electron chi connectivity index (χ1n) is 22.4. The summed E-state index contributed by atoms with van der Waals surface area (Å²) in [5.41, 5.74) is 4.43. The van der Waals surface area contributed by atoms with Crippen LogP contribution >= 0.6 is 0 Å². The fourth-order valence-electron chi connectivity index (χ4n) is 6.88. The molecule has 0 fully saturated rings. The first-order chi connectivity index (χ1) is 30.9. The largest absolute Gasteiger partial charge is 0.414 e. The summed E-state index contributed by atoms with van der Waals surface area (Å²) < 4.78 is 23.6. The number of ketones is 2. The molecule has 14 heteroatoms. The van der Waals surface area contributed by atoms with E-state index in [1.807, 2.05) is 81.4 Å². The molecule has 4 rings (SSSR count). The third-order valence-electron chi connectivity index (χ3n) is 10.6. The second-order valence-electron chi connectivity index (χ2n) is 16.1. The number of nitrogens with zero attached hydrogens (tertiary/aromatic N) is 2. The highest BCUT2D eigenvalue weighted by molar-refractivity contribution is 5.95. The average Bonchev–Trinajstić information content (AvgIpc) is 3.27. The van der Waals surface area contributed by atoms with E-state index < -0.39 is 12.0 Å². The number of hydrogen-bond acceptors (Lipinski definition) is 10. The summed E-state index contributed by atoms with van der Waals surface area (Å²) in [7, 11) is 0. The Hall–Kier alpha value is -5.59. The number of ether oxygens (including phenoxy) is 4. The minimum atomic E-state index is -0.750. The van der Waals surface area contributed by atoms with Crippen LogP contribution in [0, 0.1) is 30.6 Å². The SMILES string of the molecule is Cc1cc[n+](C(=O)[C@H](C)NC(=O)[C@@H](CC(=O)CCCC(=O)CCCOCCOCCOCCOCCC(=O)NCCC(=O)N2Cc3ccccc3C#Cc3ccccc32)C(C)C)cc1. The molecule has 3 aromatic rings. The van der Waals surface area contributed by atoms with Crippen LogP contribution in [0.25, 0.3) is 0 Å². The van der Waals surface area contributed by atoms with E-state index in [4.69, 9.17) is 18.9 Å². The van der Waals surface area contributed by atoms with E-state index in [1.54, 1.807) is 24.2 Å². The summed E-state index contributed by atoms with van der Waals surface area (Å²) in [4.78, 5) is 78.3. The smallest absolute Gasteiger partial charge is 0.379 e. The molecular formula is C50H65N4O10+. The maximum Gasteiger partial charge on any atom is 0.414 e. The molecule has 1 aliphatic rings. The number of aryl methyl sites for hydroxylation is 1. The maximum absolute atomic E-state index is 13.3. The van der Waals surface area contributed by atoms with Crippen LogP contribution in [0.1, 0.15) is 99.2 Å². The third kappa shape index (κ3) is 18.3. The Kier molecular flexibility index (Phi) is 22.5. The van der Waals surface area contributed by atoms with Gasteiger partial charge in [0, 0.05) is 80.9 Å². The number of carbonyl (C=O) groups is 6. The van der Waals surface area contributed by atoms with Crippen molar-refractivity contribution in [2.75, 3.05) is 64.3 Å². The summed E-state index contributed by atoms with van der Waals surface area (Å²) in [5, 5.41) is 5.58. The highest BCUT2D eigenvalue weighted by Crippen LogP contribution is 2.26. The lowest BCUT2D eigenvalue weighted by atomic mass is 9.88. The second kappa shape index (κ2) is 28.3. The van der Waals surface area contributed by atoms with Crippen molar-refractivity contribution in [3.05, 3.63) is 95.3 Å². The minimum absolute atomic E-state index is 0.0616. The van der Waals surface area contributed by atoms with Gasteiger partial charge < -0.3 is 34.5 Å². The number of hydrogen-bond donors (Lipinski definition) is 2. The van der Waals surface area contributed by atoms with Crippen LogP contribution in [-0.4, -0.2) is 101 Å². The number of anilines is 1. The predicted molar refractivity (Wildman–Crippen MR) is 241 cm³/mol. The van der Waals surface area contributed by atoms with E-state index in [0.29, 0.717) is 78.5 Å². The van der Waals surface area contributed by atoms with E-state index in [2.05, 4.69) is 22.5 Å². The molecule has 2 atom stereocenters. The Bertz CT molecular complexity index is 2060. The minimum Gasteiger partial charge on any atom is -0.379 e. The Balaban J connectivity index is 0.930. The standard InChI is InChI=1S/C50H64N4O10/c1-37(2)45(49(59)52-39(4)50(60)53-25-21-38(3)22-26-53)35-44(56)15-9-14-43(55)16-10-27-61-29-31-63-33-34-64-32-30-62-28-23-47(57)51-24-20-48(58)54-36-42-13-6-5-11-40(42)18-19-41-12-7-8-17-46(41)54/h5-8,11-13,17,21-22,25-26,37,39,45H,9-10,14-16,20,23-24,27-36H2,1-4H3,(H-,51,52,57,59)/p+1/t39-,45-/m0/s1. The summed E-state index contributed by atoms with van der Waals surface area (Å²) in [5.74, 6) is 4.84. The molecule has 0 aliphatic carbocycles. The van der Waals surface area contributed by atoms with Crippen molar-refractivity contribution in [1.29, 1.82) is 0 Å². The summed E-state index contributed by atoms with van der Waals surface area (Å²) in [6.07, 6.45) is 5.57. The van der Waals surface area contributed by atoms with Gasteiger partial charge in [0.25, 0.3) is 0 Å². The van der Waals surface area contributed by atoms with Crippen LogP contribution in [0.4, 0.5) is 5.69 Å². The van der Waals surface area contributed by atoms with Crippen molar-refractivity contribution < 1.29 is 52.3 Å². The van der Waals surface area contributed by atoms with Gasteiger partial charge in [-0.25, -0.2) is 4.79 Å². The van der Waals surface area contributed by atoms with Crippen molar-refractivity contribution in [1.82, 2.24) is 10.6 Å². The van der Waals surface area contributed by atoms with Gasteiger partial charge in [0.1, 0.15) is 11.6 Å². The summed E-state index contributed by atoms with van der Waals surface area (Å²) >= 11 is 0. The molecule has 0 saturated heterocycles. The van der Waals surface area contributed by atoms with Gasteiger partial charge in [0.2, 0.25) is 17.7 Å². The fourth-order valence-corrected chi connectivity index (χ4v) is 6.88. The molecule has 2 N–H and O–H groups in total. The van der Waals surface area contributed by atoms with Crippen molar-refractivity contribution in [2.24, 2.45) is 11.8 Å². The maximum atomic E-state index is 13.3. The monoisotopic (exact) mass is 881 g/mol. The van der Waals surface area contributed by atoms with Crippen LogP contribution in [0.15, 0.2) is 73.1 Å². The van der Waals surface area contributed by atoms with Crippen molar-refractivity contribution >= 4 is 40.9 Å². The molecule has 14 nitrogen and oxygen atoms in total. The highest BCUT2D eigenvalue weighted by atomic mass is 16.6. The van der Waals surface area contributed by atoms with Gasteiger partial charge in [-0.15, -0.1) is 4.57 Å². The van der Waals surface area contributed by atoms with Gasteiger partial charge in [-0.3, -0.25) is 24.0 Å². The quantitative estimate of drug-likeness (QED) is 0.0545. The van der Waals surface area contributed by atoms with Crippen molar-refractivity contribution in [2.45, 2.75) is 91.6 Å². The lowest BCUT2D eigenvalue weighted by Gasteiger charge is -2.26. The summed E-state index contributed by atoms with van der Waals surface area (Å²) in [6, 6.07) is 18.3. The van der Waals surface area contributed by atoms with Crippen LogP contribution in [0.2, 0.25) is 0 Å². The Labute approximate surface area is 377 Å². The zero-order valence-corrected chi connectivity index (χ0v) is 37.9. The van der Waals surface area contributed by atoms with Gasteiger partial charge in [-0.1, -0.05) is 56.0 Å². The molecule has 0 spiro atoms. The van der Waals surface area contributed by atoms with Crippen LogP contribution in [0.5, 0.6) is 0 Å². The molecule has 1 aromatic heterocycles. The lowest BCUT2D eigenvalue weighted by Crippen LogP contribution is -2.54. The third-order valence-corrected chi connectivity index (χ3v) is 10.6. The molecule has 2 aromatic carbocycles. The molecule has 0 radical (unpaired) electrons. The van der Waals surface area contributed by atoms with Crippen molar-refractivity contribution in [3.63, 3.8) is 0 Å². The lowest BCUT2D eigenvalue weighted by molar-refractivity contribution is -0.575. The number of para-hydroxylation sites is 1. The van der Waals surface area contributed by atoms with Crippen molar-refractivity contribution in [3.8, 4) is 11.8 Å². The fraction of sp³-hybridized carbons (Fsp3) is 0.500. The van der Waals surface area contributed by atoms with E-state index in [-0.39, 0.29) is 79.9 Å². The molecule has 2 heterocycles. The molecule has 1 aliphatic heterocycles. The topological polar surface area (TPSA) is 171 Å². The molecule has 0 saturated carbocycles. The number of rotatable bonds is 29. The average molecular weight is 882 g/mol. The van der Waals surface area contributed by atoms with Crippen LogP contribution in [-0.2, 0) is 49.5 Å². The number of fused-ring (bicyclic) bond motifs is 2. The van der Waals surface area contributed by atoms with Gasteiger partial charge in [0.15, 0.2) is 18.4 Å². The number of Topliss-reactive ketones (excluding diaryl/α,β-unsaturated/α-hetero) is 2. The molecule has 64 heavy (non-hydrogen) atoms. The zero-order valence-electron chi connectivity index (χ0n) is 37.9. The molecule has 0 unspecified atom stereocenters. The number of benzene rings is 2. The van der Waals surface area contributed by atoms with Gasteiger partial charge in [0.05, 0.1) is 58.5 Å². The first kappa shape index (κ1) is 51.0. The first-order valence-corrected chi connectivity index (χ1v) is 22.4. The van der Waals surface area contributed by atoms with Gasteiger partial charge >= 0.3 is 5.91 Å². The second-order valence-corrected chi connectivity index (χ2v) is 16.1. The number of aromatic nitrogens is 1. The zero-order chi connectivity index (χ0) is 46.1. The molecule has 3 amide bonds. The number of nitrogens with one attached hydrogen (secondary N) is 2. The Morgan fingerprint density at radius 1 is 0.672 bits per heavy atom. The van der Waals surface area contributed by atoms with E-state index in [1.165, 1.54) is 4.57 Å².